The number of hydrogen-bond acceptors (Lipinski definition) is 4. The van der Waals surface area contributed by atoms with Crippen molar-refractivity contribution in [3.8, 4) is 0 Å². The summed E-state index contributed by atoms with van der Waals surface area (Å²) in [7, 11) is 0. The Balaban J connectivity index is 2.81. The van der Waals surface area contributed by atoms with Gasteiger partial charge in [0.1, 0.15) is 0 Å². The van der Waals surface area contributed by atoms with Gasteiger partial charge >= 0.3 is 11.9 Å². The normalized spacial score (nSPS) is 20.1. The van der Waals surface area contributed by atoms with Gasteiger partial charge < -0.3 is 9.47 Å². The Morgan fingerprint density at radius 2 is 1.94 bits per heavy atom. The molecule has 4 heteroatoms. The topological polar surface area (TPSA) is 52.6 Å². The van der Waals surface area contributed by atoms with E-state index in [1.54, 1.807) is 13.8 Å². The maximum atomic E-state index is 11.8. The van der Waals surface area contributed by atoms with E-state index in [-0.39, 0.29) is 11.9 Å². The maximum Gasteiger partial charge on any atom is 0.334 e. The number of carbonyl (C=O) groups is 2. The molecular formula is C13H20O4. The molecular weight excluding hydrogens is 220 g/mol. The number of ether oxygens (including phenoxy) is 2. The van der Waals surface area contributed by atoms with Crippen molar-refractivity contribution in [1.82, 2.24) is 0 Å². The molecule has 0 aromatic rings. The zero-order valence-corrected chi connectivity index (χ0v) is 10.5. The minimum Gasteiger partial charge on any atom is -0.466 e. The van der Waals surface area contributed by atoms with Gasteiger partial charge in [0, 0.05) is 5.57 Å². The zero-order valence-electron chi connectivity index (χ0n) is 10.5. The number of hydrogen-bond donors (Lipinski definition) is 0. The predicted molar refractivity (Wildman–Crippen MR) is 63.3 cm³/mol. The van der Waals surface area contributed by atoms with Gasteiger partial charge in [-0.2, -0.15) is 0 Å². The summed E-state index contributed by atoms with van der Waals surface area (Å²) in [6.07, 6.45) is 5.25. The van der Waals surface area contributed by atoms with Crippen molar-refractivity contribution in [2.75, 3.05) is 13.2 Å². The molecule has 1 aliphatic rings. The fraction of sp³-hybridized carbons (Fsp3) is 0.692. The Morgan fingerprint density at radius 1 is 1.24 bits per heavy atom. The molecule has 0 heterocycles. The molecule has 0 aromatic heterocycles. The third-order valence-electron chi connectivity index (χ3n) is 2.77. The number of esters is 2. The van der Waals surface area contributed by atoms with E-state index in [4.69, 9.17) is 9.47 Å². The molecule has 1 aliphatic carbocycles. The van der Waals surface area contributed by atoms with Crippen LogP contribution in [0.3, 0.4) is 0 Å². The highest BCUT2D eigenvalue weighted by Gasteiger charge is 2.30. The van der Waals surface area contributed by atoms with E-state index in [2.05, 4.69) is 0 Å². The third kappa shape index (κ3) is 3.88. The molecule has 1 rings (SSSR count). The number of rotatable bonds is 4. The van der Waals surface area contributed by atoms with Gasteiger partial charge in [0.15, 0.2) is 0 Å². The average Bonchev–Trinajstić information content (AvgIpc) is 2.54. The second-order valence-corrected chi connectivity index (χ2v) is 3.97. The lowest BCUT2D eigenvalue weighted by Gasteiger charge is -2.16. The summed E-state index contributed by atoms with van der Waals surface area (Å²) in [4.78, 5) is 23.6. The summed E-state index contributed by atoms with van der Waals surface area (Å²) in [6, 6.07) is 0. The average molecular weight is 240 g/mol. The lowest BCUT2D eigenvalue weighted by molar-refractivity contribution is -0.150. The fourth-order valence-corrected chi connectivity index (χ4v) is 1.98. The van der Waals surface area contributed by atoms with Gasteiger partial charge in [-0.1, -0.05) is 12.5 Å². The monoisotopic (exact) mass is 240 g/mol. The zero-order chi connectivity index (χ0) is 12.7. The van der Waals surface area contributed by atoms with Crippen molar-refractivity contribution >= 4 is 11.9 Å². The van der Waals surface area contributed by atoms with Gasteiger partial charge in [-0.3, -0.25) is 4.79 Å². The molecule has 0 aromatic carbocycles. The van der Waals surface area contributed by atoms with Crippen LogP contribution in [0, 0.1) is 5.92 Å². The largest absolute Gasteiger partial charge is 0.466 e. The van der Waals surface area contributed by atoms with E-state index in [0.29, 0.717) is 25.2 Å². The minimum atomic E-state index is -0.448. The van der Waals surface area contributed by atoms with Gasteiger partial charge in [-0.05, 0) is 33.1 Å². The molecule has 17 heavy (non-hydrogen) atoms. The van der Waals surface area contributed by atoms with Crippen molar-refractivity contribution in [3.05, 3.63) is 11.6 Å². The van der Waals surface area contributed by atoms with Crippen LogP contribution in [-0.4, -0.2) is 25.2 Å². The summed E-state index contributed by atoms with van der Waals surface area (Å²) < 4.78 is 9.99. The second-order valence-electron chi connectivity index (χ2n) is 3.97. The molecule has 0 bridgehead atoms. The number of allylic oxidation sites excluding steroid dienone is 1. The first-order chi connectivity index (χ1) is 8.20. The standard InChI is InChI=1S/C13H20O4/c1-3-16-12(14)10-8-6-5-7-9-11(10)13(15)17-4-2/h8,11H,3-7,9H2,1-2H3. The highest BCUT2D eigenvalue weighted by Crippen LogP contribution is 2.26. The molecule has 0 saturated heterocycles. The molecule has 1 unspecified atom stereocenters. The summed E-state index contributed by atoms with van der Waals surface area (Å²) in [5.41, 5.74) is 0.475. The maximum absolute atomic E-state index is 11.8. The van der Waals surface area contributed by atoms with Crippen LogP contribution < -0.4 is 0 Å². The fourth-order valence-electron chi connectivity index (χ4n) is 1.98. The SMILES string of the molecule is CCOC(=O)C1=CCCCCC1C(=O)OCC. The third-order valence-corrected chi connectivity index (χ3v) is 2.77. The summed E-state index contributed by atoms with van der Waals surface area (Å²) in [5, 5.41) is 0. The molecule has 0 aliphatic heterocycles. The van der Waals surface area contributed by atoms with Crippen molar-refractivity contribution in [2.45, 2.75) is 39.5 Å². The van der Waals surface area contributed by atoms with Crippen LogP contribution in [-0.2, 0) is 19.1 Å². The van der Waals surface area contributed by atoms with E-state index in [1.165, 1.54) is 0 Å². The number of carbonyl (C=O) groups excluding carboxylic acids is 2. The van der Waals surface area contributed by atoms with E-state index in [1.807, 2.05) is 6.08 Å². The van der Waals surface area contributed by atoms with Crippen LogP contribution in [0.15, 0.2) is 11.6 Å². The van der Waals surface area contributed by atoms with Crippen molar-refractivity contribution in [3.63, 3.8) is 0 Å². The van der Waals surface area contributed by atoms with Gasteiger partial charge in [0.2, 0.25) is 0 Å². The smallest absolute Gasteiger partial charge is 0.334 e. The quantitative estimate of drug-likeness (QED) is 0.707. The van der Waals surface area contributed by atoms with Crippen molar-refractivity contribution < 1.29 is 19.1 Å². The summed E-state index contributed by atoms with van der Waals surface area (Å²) >= 11 is 0. The molecule has 1 atom stereocenters. The van der Waals surface area contributed by atoms with E-state index in [0.717, 1.165) is 19.3 Å². The van der Waals surface area contributed by atoms with Crippen molar-refractivity contribution in [2.24, 2.45) is 5.92 Å². The van der Waals surface area contributed by atoms with Crippen LogP contribution in [0.5, 0.6) is 0 Å². The van der Waals surface area contributed by atoms with Gasteiger partial charge in [0.25, 0.3) is 0 Å². The van der Waals surface area contributed by atoms with Crippen molar-refractivity contribution in [1.29, 1.82) is 0 Å². The summed E-state index contributed by atoms with van der Waals surface area (Å²) in [6.45, 7) is 4.19. The Kier molecular flexibility index (Phi) is 5.73. The van der Waals surface area contributed by atoms with E-state index < -0.39 is 5.92 Å². The molecule has 96 valence electrons. The van der Waals surface area contributed by atoms with Gasteiger partial charge in [-0.15, -0.1) is 0 Å². The van der Waals surface area contributed by atoms with Crippen LogP contribution in [0.2, 0.25) is 0 Å². The molecule has 0 saturated carbocycles. The Hall–Kier alpha value is -1.32. The van der Waals surface area contributed by atoms with E-state index in [9.17, 15) is 9.59 Å². The first kappa shape index (κ1) is 13.7. The van der Waals surface area contributed by atoms with Crippen LogP contribution >= 0.6 is 0 Å². The molecule has 0 spiro atoms. The van der Waals surface area contributed by atoms with Crippen LogP contribution in [0.4, 0.5) is 0 Å². The van der Waals surface area contributed by atoms with E-state index >= 15 is 0 Å². The highest BCUT2D eigenvalue weighted by atomic mass is 16.5. The molecule has 0 amide bonds. The first-order valence-corrected chi connectivity index (χ1v) is 6.24. The molecule has 0 N–H and O–H groups in total. The summed E-state index contributed by atoms with van der Waals surface area (Å²) in [5.74, 6) is -1.14. The Morgan fingerprint density at radius 3 is 2.59 bits per heavy atom. The predicted octanol–water partition coefficient (Wildman–Crippen LogP) is 2.23. The lowest BCUT2D eigenvalue weighted by Crippen LogP contribution is -2.24. The first-order valence-electron chi connectivity index (χ1n) is 6.24. The minimum absolute atomic E-state index is 0.311. The lowest BCUT2D eigenvalue weighted by atomic mass is 9.95. The Labute approximate surface area is 102 Å². The molecule has 4 nitrogen and oxygen atoms in total. The highest BCUT2D eigenvalue weighted by molar-refractivity contribution is 5.95. The molecule has 0 fully saturated rings. The van der Waals surface area contributed by atoms with Crippen LogP contribution in [0.1, 0.15) is 39.5 Å². The van der Waals surface area contributed by atoms with Gasteiger partial charge in [0.05, 0.1) is 19.1 Å². The Bertz CT molecular complexity index is 307. The second kappa shape index (κ2) is 7.09. The molecule has 0 radical (unpaired) electrons. The van der Waals surface area contributed by atoms with Gasteiger partial charge in [-0.25, -0.2) is 4.79 Å². The van der Waals surface area contributed by atoms with Crippen LogP contribution in [0.25, 0.3) is 0 Å².